The molecule has 0 aromatic rings. The van der Waals surface area contributed by atoms with Gasteiger partial charge in [-0.3, -0.25) is 0 Å². The summed E-state index contributed by atoms with van der Waals surface area (Å²) in [7, 11) is 0. The van der Waals surface area contributed by atoms with Gasteiger partial charge < -0.3 is 5.11 Å². The van der Waals surface area contributed by atoms with Crippen molar-refractivity contribution in [2.24, 2.45) is 17.3 Å². The third-order valence-corrected chi connectivity index (χ3v) is 4.06. The lowest BCUT2D eigenvalue weighted by molar-refractivity contribution is 0.131. The Kier molecular flexibility index (Phi) is 2.03. The van der Waals surface area contributed by atoms with Gasteiger partial charge in [-0.2, -0.15) is 0 Å². The second kappa shape index (κ2) is 2.84. The Morgan fingerprint density at radius 1 is 1.46 bits per heavy atom. The SMILES string of the molecule is CC1=CCC[C@H]2[C@H]1[C@@H](O)CC2(C)C. The van der Waals surface area contributed by atoms with Crippen LogP contribution in [0.15, 0.2) is 11.6 Å². The minimum absolute atomic E-state index is 0.0865. The van der Waals surface area contributed by atoms with E-state index in [0.717, 1.165) is 6.42 Å². The van der Waals surface area contributed by atoms with Crippen molar-refractivity contribution in [2.45, 2.75) is 46.1 Å². The first-order chi connectivity index (χ1) is 6.02. The highest BCUT2D eigenvalue weighted by Gasteiger charge is 2.48. The first kappa shape index (κ1) is 9.26. The van der Waals surface area contributed by atoms with E-state index in [1.54, 1.807) is 0 Å². The number of aliphatic hydroxyl groups excluding tert-OH is 1. The van der Waals surface area contributed by atoms with Gasteiger partial charge in [0.25, 0.3) is 0 Å². The maximum absolute atomic E-state index is 9.99. The van der Waals surface area contributed by atoms with Crippen molar-refractivity contribution in [3.8, 4) is 0 Å². The Labute approximate surface area is 80.8 Å². The number of fused-ring (bicyclic) bond motifs is 1. The van der Waals surface area contributed by atoms with E-state index >= 15 is 0 Å². The zero-order valence-corrected chi connectivity index (χ0v) is 8.88. The van der Waals surface area contributed by atoms with Gasteiger partial charge in [-0.1, -0.05) is 25.5 Å². The molecule has 2 aliphatic carbocycles. The van der Waals surface area contributed by atoms with Crippen LogP contribution in [0, 0.1) is 17.3 Å². The summed E-state index contributed by atoms with van der Waals surface area (Å²) in [6, 6.07) is 0. The summed E-state index contributed by atoms with van der Waals surface area (Å²) in [5.74, 6) is 1.18. The van der Waals surface area contributed by atoms with Crippen LogP contribution in [0.1, 0.15) is 40.0 Å². The molecule has 1 heteroatoms. The lowest BCUT2D eigenvalue weighted by atomic mass is 9.71. The summed E-state index contributed by atoms with van der Waals surface area (Å²) in [5, 5.41) is 9.99. The standard InChI is InChI=1S/C12H20O/c1-8-5-4-6-9-11(8)10(13)7-12(9,2)3/h5,9-11,13H,4,6-7H2,1-3H3/t9-,10-,11-/m0/s1. The summed E-state index contributed by atoms with van der Waals surface area (Å²) in [6.45, 7) is 6.79. The van der Waals surface area contributed by atoms with Crippen LogP contribution in [0.3, 0.4) is 0 Å². The molecule has 0 radical (unpaired) electrons. The summed E-state index contributed by atoms with van der Waals surface area (Å²) in [6.07, 6.45) is 5.69. The quantitative estimate of drug-likeness (QED) is 0.568. The number of hydrogen-bond acceptors (Lipinski definition) is 1. The van der Waals surface area contributed by atoms with E-state index in [9.17, 15) is 5.11 Å². The van der Waals surface area contributed by atoms with Crippen LogP contribution in [0.2, 0.25) is 0 Å². The minimum Gasteiger partial charge on any atom is -0.392 e. The Hall–Kier alpha value is -0.300. The molecule has 0 heterocycles. The lowest BCUT2D eigenvalue weighted by Crippen LogP contribution is -2.26. The number of aliphatic hydroxyl groups is 1. The van der Waals surface area contributed by atoms with Gasteiger partial charge >= 0.3 is 0 Å². The van der Waals surface area contributed by atoms with Crippen LogP contribution < -0.4 is 0 Å². The first-order valence-corrected chi connectivity index (χ1v) is 5.37. The molecular formula is C12H20O. The summed E-state index contributed by atoms with van der Waals surface area (Å²) < 4.78 is 0. The van der Waals surface area contributed by atoms with E-state index in [1.807, 2.05) is 0 Å². The average molecular weight is 180 g/mol. The minimum atomic E-state index is -0.0865. The molecule has 0 aromatic heterocycles. The van der Waals surface area contributed by atoms with Gasteiger partial charge in [-0.25, -0.2) is 0 Å². The Morgan fingerprint density at radius 2 is 2.15 bits per heavy atom. The predicted octanol–water partition coefficient (Wildman–Crippen LogP) is 2.75. The van der Waals surface area contributed by atoms with Crippen molar-refractivity contribution in [3.63, 3.8) is 0 Å². The van der Waals surface area contributed by atoms with Crippen LogP contribution in [0.25, 0.3) is 0 Å². The summed E-state index contributed by atoms with van der Waals surface area (Å²) >= 11 is 0. The Morgan fingerprint density at radius 3 is 2.77 bits per heavy atom. The van der Waals surface area contributed by atoms with E-state index in [0.29, 0.717) is 17.3 Å². The second-order valence-corrected chi connectivity index (χ2v) is 5.42. The van der Waals surface area contributed by atoms with Gasteiger partial charge in [0.2, 0.25) is 0 Å². The molecule has 0 aliphatic heterocycles. The molecule has 3 atom stereocenters. The van der Waals surface area contributed by atoms with Crippen molar-refractivity contribution in [2.75, 3.05) is 0 Å². The predicted molar refractivity (Wildman–Crippen MR) is 54.4 cm³/mol. The van der Waals surface area contributed by atoms with Crippen LogP contribution in [-0.4, -0.2) is 11.2 Å². The molecule has 1 N–H and O–H groups in total. The van der Waals surface area contributed by atoms with Crippen LogP contribution in [0.4, 0.5) is 0 Å². The molecule has 0 saturated heterocycles. The van der Waals surface area contributed by atoms with Crippen molar-refractivity contribution in [1.82, 2.24) is 0 Å². The van der Waals surface area contributed by atoms with E-state index in [4.69, 9.17) is 0 Å². The number of hydrogen-bond donors (Lipinski definition) is 1. The van der Waals surface area contributed by atoms with E-state index in [1.165, 1.54) is 18.4 Å². The van der Waals surface area contributed by atoms with Crippen LogP contribution in [0.5, 0.6) is 0 Å². The largest absolute Gasteiger partial charge is 0.392 e. The topological polar surface area (TPSA) is 20.2 Å². The zero-order chi connectivity index (χ0) is 9.64. The summed E-state index contributed by atoms with van der Waals surface area (Å²) in [4.78, 5) is 0. The normalized spacial score (nSPS) is 42.8. The van der Waals surface area contributed by atoms with Crippen molar-refractivity contribution in [3.05, 3.63) is 11.6 Å². The average Bonchev–Trinajstić information content (AvgIpc) is 2.24. The molecule has 0 amide bonds. The monoisotopic (exact) mass is 180 g/mol. The third kappa shape index (κ3) is 1.34. The number of rotatable bonds is 0. The molecule has 2 rings (SSSR count). The van der Waals surface area contributed by atoms with Gasteiger partial charge in [0, 0.05) is 5.92 Å². The first-order valence-electron chi connectivity index (χ1n) is 5.37. The van der Waals surface area contributed by atoms with E-state index in [-0.39, 0.29) is 6.10 Å². The van der Waals surface area contributed by atoms with Crippen molar-refractivity contribution < 1.29 is 5.11 Å². The molecule has 2 aliphatic rings. The van der Waals surface area contributed by atoms with E-state index < -0.39 is 0 Å². The molecule has 0 bridgehead atoms. The molecule has 74 valence electrons. The molecule has 1 nitrogen and oxygen atoms in total. The fourth-order valence-electron chi connectivity index (χ4n) is 3.39. The van der Waals surface area contributed by atoms with Gasteiger partial charge in [-0.15, -0.1) is 0 Å². The molecule has 1 fully saturated rings. The molecular weight excluding hydrogens is 160 g/mol. The van der Waals surface area contributed by atoms with Crippen LogP contribution in [-0.2, 0) is 0 Å². The highest BCUT2D eigenvalue weighted by Crippen LogP contribution is 2.53. The summed E-state index contributed by atoms with van der Waals surface area (Å²) in [5.41, 5.74) is 1.77. The third-order valence-electron chi connectivity index (χ3n) is 4.06. The fraction of sp³-hybridized carbons (Fsp3) is 0.833. The molecule has 0 aromatic carbocycles. The van der Waals surface area contributed by atoms with Crippen molar-refractivity contribution >= 4 is 0 Å². The highest BCUT2D eigenvalue weighted by atomic mass is 16.3. The molecule has 0 spiro atoms. The van der Waals surface area contributed by atoms with E-state index in [2.05, 4.69) is 26.8 Å². The van der Waals surface area contributed by atoms with Gasteiger partial charge in [0.15, 0.2) is 0 Å². The van der Waals surface area contributed by atoms with Crippen LogP contribution >= 0.6 is 0 Å². The maximum Gasteiger partial charge on any atom is 0.0613 e. The van der Waals surface area contributed by atoms with Gasteiger partial charge in [0.1, 0.15) is 0 Å². The molecule has 1 saturated carbocycles. The lowest BCUT2D eigenvalue weighted by Gasteiger charge is -2.33. The fourth-order valence-corrected chi connectivity index (χ4v) is 3.39. The Bertz CT molecular complexity index is 240. The maximum atomic E-state index is 9.99. The van der Waals surface area contributed by atoms with Crippen molar-refractivity contribution in [1.29, 1.82) is 0 Å². The zero-order valence-electron chi connectivity index (χ0n) is 8.88. The number of allylic oxidation sites excluding steroid dienone is 1. The van der Waals surface area contributed by atoms with Gasteiger partial charge in [-0.05, 0) is 37.5 Å². The Balaban J connectivity index is 2.31. The smallest absolute Gasteiger partial charge is 0.0613 e. The highest BCUT2D eigenvalue weighted by molar-refractivity contribution is 5.17. The molecule has 0 unspecified atom stereocenters. The molecule has 13 heavy (non-hydrogen) atoms. The van der Waals surface area contributed by atoms with Gasteiger partial charge in [0.05, 0.1) is 6.10 Å². The second-order valence-electron chi connectivity index (χ2n) is 5.42.